The van der Waals surface area contributed by atoms with Gasteiger partial charge in [0, 0.05) is 24.8 Å². The zero-order valence-electron chi connectivity index (χ0n) is 15.5. The molecule has 2 aliphatic rings. The zero-order chi connectivity index (χ0) is 18.0. The summed E-state index contributed by atoms with van der Waals surface area (Å²) in [4.78, 5) is 16.9. The number of anilines is 3. The number of likely N-dealkylation sites (tertiary alicyclic amines) is 1. The maximum absolute atomic E-state index is 12.0. The summed E-state index contributed by atoms with van der Waals surface area (Å²) in [6.07, 6.45) is 3.35. The number of hydrogen-bond acceptors (Lipinski definition) is 5. The molecular weight excluding hydrogens is 316 g/mol. The monoisotopic (exact) mass is 346 g/mol. The van der Waals surface area contributed by atoms with Gasteiger partial charge in [0.1, 0.15) is 5.60 Å². The van der Waals surface area contributed by atoms with E-state index in [9.17, 15) is 4.79 Å². The molecule has 0 bridgehead atoms. The van der Waals surface area contributed by atoms with Gasteiger partial charge in [-0.05, 0) is 71.3 Å². The molecule has 0 spiro atoms. The van der Waals surface area contributed by atoms with Gasteiger partial charge in [0.2, 0.25) is 0 Å². The predicted molar refractivity (Wildman–Crippen MR) is 102 cm³/mol. The number of hydrogen-bond donors (Lipinski definition) is 2. The van der Waals surface area contributed by atoms with Crippen LogP contribution in [0.3, 0.4) is 0 Å². The Balaban J connectivity index is 1.66. The standard InChI is InChI=1S/C19H30N4O2/c1-19(2,3)25-18(24)21-14-6-7-16(20)17(12-14)23-11-8-15(13-23)22-9-4-5-10-22/h6-7,12,15H,4-5,8-11,13,20H2,1-3H3,(H,21,24). The number of amides is 1. The molecule has 6 heteroatoms. The summed E-state index contributed by atoms with van der Waals surface area (Å²) in [6, 6.07) is 6.23. The van der Waals surface area contributed by atoms with Crippen molar-refractivity contribution in [3.63, 3.8) is 0 Å². The van der Waals surface area contributed by atoms with E-state index in [1.165, 1.54) is 32.4 Å². The molecule has 138 valence electrons. The van der Waals surface area contributed by atoms with Crippen molar-refractivity contribution in [2.75, 3.05) is 42.1 Å². The molecule has 0 radical (unpaired) electrons. The molecule has 0 saturated carbocycles. The first-order chi connectivity index (χ1) is 11.8. The van der Waals surface area contributed by atoms with Crippen molar-refractivity contribution in [1.82, 2.24) is 4.90 Å². The van der Waals surface area contributed by atoms with Crippen LogP contribution in [0.2, 0.25) is 0 Å². The van der Waals surface area contributed by atoms with Crippen LogP contribution in [0.5, 0.6) is 0 Å². The zero-order valence-corrected chi connectivity index (χ0v) is 15.5. The summed E-state index contributed by atoms with van der Waals surface area (Å²) in [7, 11) is 0. The van der Waals surface area contributed by atoms with Gasteiger partial charge in [-0.25, -0.2) is 4.79 Å². The highest BCUT2D eigenvalue weighted by molar-refractivity contribution is 5.87. The minimum atomic E-state index is -0.515. The van der Waals surface area contributed by atoms with Crippen LogP contribution >= 0.6 is 0 Å². The Morgan fingerprint density at radius 2 is 1.96 bits per heavy atom. The SMILES string of the molecule is CC(C)(C)OC(=O)Nc1ccc(N)c(N2CCC(N3CCCC3)C2)c1. The summed E-state index contributed by atoms with van der Waals surface area (Å²) in [5.41, 5.74) is 8.14. The molecule has 1 aromatic rings. The van der Waals surface area contributed by atoms with E-state index in [1.807, 2.05) is 39.0 Å². The second kappa shape index (κ2) is 7.12. The van der Waals surface area contributed by atoms with Crippen molar-refractivity contribution in [3.8, 4) is 0 Å². The average Bonchev–Trinajstić information content (AvgIpc) is 3.17. The van der Waals surface area contributed by atoms with Gasteiger partial charge in [-0.3, -0.25) is 10.2 Å². The molecule has 0 aliphatic carbocycles. The summed E-state index contributed by atoms with van der Waals surface area (Å²) >= 11 is 0. The first kappa shape index (κ1) is 17.9. The van der Waals surface area contributed by atoms with Gasteiger partial charge < -0.3 is 15.4 Å². The Kier molecular flexibility index (Phi) is 5.08. The van der Waals surface area contributed by atoms with Crippen LogP contribution in [-0.4, -0.2) is 48.8 Å². The van der Waals surface area contributed by atoms with Crippen LogP contribution in [0.1, 0.15) is 40.0 Å². The molecule has 1 atom stereocenters. The molecule has 2 fully saturated rings. The van der Waals surface area contributed by atoms with E-state index in [1.54, 1.807) is 0 Å². The fraction of sp³-hybridized carbons (Fsp3) is 0.632. The highest BCUT2D eigenvalue weighted by Gasteiger charge is 2.30. The van der Waals surface area contributed by atoms with Gasteiger partial charge in [0.15, 0.2) is 0 Å². The van der Waals surface area contributed by atoms with Gasteiger partial charge in [-0.2, -0.15) is 0 Å². The highest BCUT2D eigenvalue weighted by Crippen LogP contribution is 2.32. The van der Waals surface area contributed by atoms with Crippen LogP contribution in [0.4, 0.5) is 21.9 Å². The lowest BCUT2D eigenvalue weighted by Gasteiger charge is -2.25. The number of carbonyl (C=O) groups is 1. The third-order valence-corrected chi connectivity index (χ3v) is 4.84. The van der Waals surface area contributed by atoms with E-state index in [0.717, 1.165) is 24.5 Å². The normalized spacial score (nSPS) is 21.6. The molecule has 2 saturated heterocycles. The van der Waals surface area contributed by atoms with Gasteiger partial charge in [0.05, 0.1) is 11.4 Å². The number of carbonyl (C=O) groups excluding carboxylic acids is 1. The number of rotatable bonds is 3. The van der Waals surface area contributed by atoms with E-state index in [0.29, 0.717) is 11.7 Å². The lowest BCUT2D eigenvalue weighted by Crippen LogP contribution is -2.35. The quantitative estimate of drug-likeness (QED) is 0.822. The average molecular weight is 346 g/mol. The number of benzene rings is 1. The van der Waals surface area contributed by atoms with Gasteiger partial charge >= 0.3 is 6.09 Å². The fourth-order valence-electron chi connectivity index (χ4n) is 3.68. The van der Waals surface area contributed by atoms with Crippen molar-refractivity contribution >= 4 is 23.2 Å². The molecule has 2 aliphatic heterocycles. The van der Waals surface area contributed by atoms with Crippen molar-refractivity contribution < 1.29 is 9.53 Å². The molecule has 3 rings (SSSR count). The minimum Gasteiger partial charge on any atom is -0.444 e. The molecule has 1 unspecified atom stereocenters. The Morgan fingerprint density at radius 3 is 2.64 bits per heavy atom. The second-order valence-electron chi connectivity index (χ2n) is 8.03. The van der Waals surface area contributed by atoms with E-state index in [4.69, 9.17) is 10.5 Å². The van der Waals surface area contributed by atoms with Gasteiger partial charge in [-0.1, -0.05) is 0 Å². The highest BCUT2D eigenvalue weighted by atomic mass is 16.6. The summed E-state index contributed by atoms with van der Waals surface area (Å²) < 4.78 is 5.32. The largest absolute Gasteiger partial charge is 0.444 e. The summed E-state index contributed by atoms with van der Waals surface area (Å²) in [5, 5.41) is 2.80. The second-order valence-corrected chi connectivity index (χ2v) is 8.03. The lowest BCUT2D eigenvalue weighted by molar-refractivity contribution is 0.0636. The molecule has 1 aromatic carbocycles. The van der Waals surface area contributed by atoms with Gasteiger partial charge in [0.25, 0.3) is 0 Å². The summed E-state index contributed by atoms with van der Waals surface area (Å²) in [6.45, 7) is 9.99. The van der Waals surface area contributed by atoms with Crippen LogP contribution in [0, 0.1) is 0 Å². The molecule has 3 N–H and O–H groups in total. The third-order valence-electron chi connectivity index (χ3n) is 4.84. The lowest BCUT2D eigenvalue weighted by atomic mass is 10.2. The number of nitrogens with two attached hydrogens (primary N) is 1. The van der Waals surface area contributed by atoms with Crippen molar-refractivity contribution in [2.45, 2.75) is 51.7 Å². The van der Waals surface area contributed by atoms with E-state index >= 15 is 0 Å². The van der Waals surface area contributed by atoms with E-state index < -0.39 is 11.7 Å². The molecule has 2 heterocycles. The first-order valence-electron chi connectivity index (χ1n) is 9.20. The third kappa shape index (κ3) is 4.57. The van der Waals surface area contributed by atoms with E-state index in [-0.39, 0.29) is 0 Å². The smallest absolute Gasteiger partial charge is 0.412 e. The summed E-state index contributed by atoms with van der Waals surface area (Å²) in [5.74, 6) is 0. The van der Waals surface area contributed by atoms with Crippen molar-refractivity contribution in [3.05, 3.63) is 18.2 Å². The van der Waals surface area contributed by atoms with Crippen molar-refractivity contribution in [2.24, 2.45) is 0 Å². The Hall–Kier alpha value is -1.95. The predicted octanol–water partition coefficient (Wildman–Crippen LogP) is 3.29. The topological polar surface area (TPSA) is 70.8 Å². The van der Waals surface area contributed by atoms with Crippen LogP contribution in [0.25, 0.3) is 0 Å². The van der Waals surface area contributed by atoms with E-state index in [2.05, 4.69) is 15.1 Å². The van der Waals surface area contributed by atoms with Crippen molar-refractivity contribution in [1.29, 1.82) is 0 Å². The van der Waals surface area contributed by atoms with Crippen LogP contribution in [0.15, 0.2) is 18.2 Å². The Labute approximate surface area is 150 Å². The maximum Gasteiger partial charge on any atom is 0.412 e. The fourth-order valence-corrected chi connectivity index (χ4v) is 3.68. The number of nitrogens with zero attached hydrogens (tertiary/aromatic N) is 2. The first-order valence-corrected chi connectivity index (χ1v) is 9.20. The van der Waals surface area contributed by atoms with Crippen LogP contribution < -0.4 is 16.0 Å². The Morgan fingerprint density at radius 1 is 1.24 bits per heavy atom. The molecular formula is C19H30N4O2. The number of nitrogen functional groups attached to an aromatic ring is 1. The minimum absolute atomic E-state index is 0.445. The maximum atomic E-state index is 12.0. The molecule has 1 amide bonds. The molecule has 0 aromatic heterocycles. The molecule has 25 heavy (non-hydrogen) atoms. The van der Waals surface area contributed by atoms with Crippen LogP contribution in [-0.2, 0) is 4.74 Å². The van der Waals surface area contributed by atoms with Gasteiger partial charge in [-0.15, -0.1) is 0 Å². The Bertz CT molecular complexity index is 620. The number of ether oxygens (including phenoxy) is 1. The molecule has 6 nitrogen and oxygen atoms in total. The number of nitrogens with one attached hydrogen (secondary N) is 1.